The van der Waals surface area contributed by atoms with E-state index in [0.29, 0.717) is 17.0 Å². The van der Waals surface area contributed by atoms with Gasteiger partial charge < -0.3 is 19.8 Å². The number of rotatable bonds is 7. The van der Waals surface area contributed by atoms with Crippen molar-refractivity contribution in [3.63, 3.8) is 0 Å². The van der Waals surface area contributed by atoms with Gasteiger partial charge in [-0.2, -0.15) is 0 Å². The summed E-state index contributed by atoms with van der Waals surface area (Å²) in [5, 5.41) is 5.29. The zero-order valence-electron chi connectivity index (χ0n) is 13.7. The van der Waals surface area contributed by atoms with E-state index < -0.39 is 11.9 Å². The van der Waals surface area contributed by atoms with Crippen molar-refractivity contribution in [2.75, 3.05) is 11.9 Å². The van der Waals surface area contributed by atoms with Crippen LogP contribution in [0.2, 0.25) is 0 Å². The van der Waals surface area contributed by atoms with E-state index in [1.807, 2.05) is 0 Å². The van der Waals surface area contributed by atoms with Crippen LogP contribution in [0.5, 0.6) is 0 Å². The van der Waals surface area contributed by atoms with Gasteiger partial charge in [-0.15, -0.1) is 0 Å². The van der Waals surface area contributed by atoms with E-state index in [1.54, 1.807) is 37.3 Å². The molecule has 1 aromatic heterocycles. The van der Waals surface area contributed by atoms with Gasteiger partial charge in [-0.25, -0.2) is 4.79 Å². The smallest absolute Gasteiger partial charge is 0.330 e. The van der Waals surface area contributed by atoms with Gasteiger partial charge in [-0.1, -0.05) is 6.07 Å². The molecule has 7 nitrogen and oxygen atoms in total. The zero-order chi connectivity index (χ0) is 18.1. The second kappa shape index (κ2) is 9.07. The summed E-state index contributed by atoms with van der Waals surface area (Å²) in [7, 11) is 0. The van der Waals surface area contributed by atoms with Gasteiger partial charge in [0.1, 0.15) is 5.76 Å². The third-order valence-corrected chi connectivity index (χ3v) is 3.05. The topological polar surface area (TPSA) is 97.6 Å². The van der Waals surface area contributed by atoms with Gasteiger partial charge in [0.25, 0.3) is 5.91 Å². The van der Waals surface area contributed by atoms with Gasteiger partial charge in [-0.3, -0.25) is 9.59 Å². The molecule has 0 unspecified atom stereocenters. The Morgan fingerprint density at radius 1 is 1.16 bits per heavy atom. The maximum absolute atomic E-state index is 12.1. The van der Waals surface area contributed by atoms with Crippen LogP contribution >= 0.6 is 0 Å². The molecule has 2 N–H and O–H groups in total. The number of esters is 1. The quantitative estimate of drug-likeness (QED) is 0.594. The molecule has 0 bridgehead atoms. The lowest BCUT2D eigenvalue weighted by Gasteiger charge is -2.06. The molecule has 0 spiro atoms. The Labute approximate surface area is 144 Å². The molecule has 1 aromatic carbocycles. The molecule has 0 aliphatic rings. The van der Waals surface area contributed by atoms with E-state index in [1.165, 1.54) is 12.3 Å². The number of benzene rings is 1. The lowest BCUT2D eigenvalue weighted by atomic mass is 10.2. The fourth-order valence-electron chi connectivity index (χ4n) is 1.94. The van der Waals surface area contributed by atoms with Gasteiger partial charge in [0.15, 0.2) is 0 Å². The second-order valence-corrected chi connectivity index (χ2v) is 4.92. The molecule has 2 aromatic rings. The first kappa shape index (κ1) is 18.0. The lowest BCUT2D eigenvalue weighted by molar-refractivity contribution is -0.137. The molecule has 2 rings (SSSR count). The maximum atomic E-state index is 12.1. The number of anilines is 1. The first-order chi connectivity index (χ1) is 12.1. The number of amides is 2. The molecule has 0 fully saturated rings. The number of nitrogens with one attached hydrogen (secondary N) is 2. The standard InChI is InChI=1S/C18H18N2O5/c1-2-24-17(22)9-8-16(21)20-14-6-3-5-13(11-14)18(23)19-12-15-7-4-10-25-15/h3-11H,2,12H2,1H3,(H,19,23)(H,20,21)/b9-8+. The SMILES string of the molecule is CCOC(=O)/C=C/C(=O)Nc1cccc(C(=O)NCc2ccco2)c1. The second-order valence-electron chi connectivity index (χ2n) is 4.92. The Morgan fingerprint density at radius 2 is 2.00 bits per heavy atom. The Hall–Kier alpha value is -3.35. The Morgan fingerprint density at radius 3 is 2.72 bits per heavy atom. The summed E-state index contributed by atoms with van der Waals surface area (Å²) in [5.41, 5.74) is 0.822. The first-order valence-corrected chi connectivity index (χ1v) is 7.65. The highest BCUT2D eigenvalue weighted by atomic mass is 16.5. The number of hydrogen-bond donors (Lipinski definition) is 2. The average molecular weight is 342 g/mol. The summed E-state index contributed by atoms with van der Waals surface area (Å²) in [6, 6.07) is 9.94. The highest BCUT2D eigenvalue weighted by Gasteiger charge is 2.08. The van der Waals surface area contributed by atoms with Crippen LogP contribution in [-0.2, 0) is 20.9 Å². The molecule has 1 heterocycles. The minimum absolute atomic E-state index is 0.236. The van der Waals surface area contributed by atoms with Gasteiger partial charge >= 0.3 is 5.97 Å². The average Bonchev–Trinajstić information content (AvgIpc) is 3.12. The van der Waals surface area contributed by atoms with E-state index in [4.69, 9.17) is 4.42 Å². The molecule has 130 valence electrons. The molecule has 0 saturated carbocycles. The molecule has 2 amide bonds. The van der Waals surface area contributed by atoms with Gasteiger partial charge in [-0.05, 0) is 37.3 Å². The molecule has 0 radical (unpaired) electrons. The van der Waals surface area contributed by atoms with Crippen molar-refractivity contribution in [1.82, 2.24) is 5.32 Å². The Balaban J connectivity index is 1.92. The Kier molecular flexibility index (Phi) is 6.53. The van der Waals surface area contributed by atoms with Crippen LogP contribution < -0.4 is 10.6 Å². The van der Waals surface area contributed by atoms with Crippen LogP contribution in [0.15, 0.2) is 59.2 Å². The summed E-state index contributed by atoms with van der Waals surface area (Å²) in [6.07, 6.45) is 3.64. The maximum Gasteiger partial charge on any atom is 0.330 e. The fourth-order valence-corrected chi connectivity index (χ4v) is 1.94. The van der Waals surface area contributed by atoms with Crippen LogP contribution in [0.4, 0.5) is 5.69 Å². The molecular formula is C18H18N2O5. The third kappa shape index (κ3) is 5.98. The molecule has 0 aliphatic heterocycles. The zero-order valence-corrected chi connectivity index (χ0v) is 13.7. The molecule has 0 saturated heterocycles. The first-order valence-electron chi connectivity index (χ1n) is 7.65. The highest BCUT2D eigenvalue weighted by molar-refractivity contribution is 6.03. The molecular weight excluding hydrogens is 324 g/mol. The summed E-state index contributed by atoms with van der Waals surface area (Å²) in [4.78, 5) is 35.1. The summed E-state index contributed by atoms with van der Waals surface area (Å²) >= 11 is 0. The third-order valence-electron chi connectivity index (χ3n) is 3.05. The number of carbonyl (C=O) groups is 3. The summed E-state index contributed by atoms with van der Waals surface area (Å²) in [6.45, 7) is 2.18. The summed E-state index contributed by atoms with van der Waals surface area (Å²) < 4.78 is 9.83. The molecule has 7 heteroatoms. The van der Waals surface area contributed by atoms with Crippen molar-refractivity contribution in [1.29, 1.82) is 0 Å². The van der Waals surface area contributed by atoms with E-state index in [2.05, 4.69) is 15.4 Å². The van der Waals surface area contributed by atoms with E-state index in [-0.39, 0.29) is 19.1 Å². The number of hydrogen-bond acceptors (Lipinski definition) is 5. The summed E-state index contributed by atoms with van der Waals surface area (Å²) in [5.74, 6) is -0.749. The minimum atomic E-state index is -0.594. The van der Waals surface area contributed by atoms with Crippen LogP contribution in [0.25, 0.3) is 0 Å². The van der Waals surface area contributed by atoms with E-state index in [0.717, 1.165) is 12.2 Å². The molecule has 25 heavy (non-hydrogen) atoms. The van der Waals surface area contributed by atoms with Gasteiger partial charge in [0.05, 0.1) is 19.4 Å². The van der Waals surface area contributed by atoms with Crippen molar-refractivity contribution >= 4 is 23.5 Å². The minimum Gasteiger partial charge on any atom is -0.467 e. The number of furan rings is 1. The molecule has 0 atom stereocenters. The normalized spacial score (nSPS) is 10.4. The van der Waals surface area contributed by atoms with Crippen molar-refractivity contribution < 1.29 is 23.5 Å². The predicted octanol–water partition coefficient (Wildman–Crippen LogP) is 2.27. The fraction of sp³-hybridized carbons (Fsp3) is 0.167. The van der Waals surface area contributed by atoms with Crippen LogP contribution in [0.3, 0.4) is 0 Å². The Bertz CT molecular complexity index is 766. The monoisotopic (exact) mass is 342 g/mol. The van der Waals surface area contributed by atoms with Crippen molar-refractivity contribution in [3.05, 3.63) is 66.1 Å². The van der Waals surface area contributed by atoms with Gasteiger partial charge in [0, 0.05) is 23.4 Å². The van der Waals surface area contributed by atoms with Crippen LogP contribution in [0, 0.1) is 0 Å². The van der Waals surface area contributed by atoms with Crippen LogP contribution in [-0.4, -0.2) is 24.4 Å². The largest absolute Gasteiger partial charge is 0.467 e. The van der Waals surface area contributed by atoms with Gasteiger partial charge in [0.2, 0.25) is 5.91 Å². The van der Waals surface area contributed by atoms with E-state index in [9.17, 15) is 14.4 Å². The van der Waals surface area contributed by atoms with Crippen molar-refractivity contribution in [2.45, 2.75) is 13.5 Å². The number of carbonyl (C=O) groups excluding carboxylic acids is 3. The van der Waals surface area contributed by atoms with E-state index >= 15 is 0 Å². The van der Waals surface area contributed by atoms with Crippen LogP contribution in [0.1, 0.15) is 23.0 Å². The lowest BCUT2D eigenvalue weighted by Crippen LogP contribution is -2.22. The molecule has 0 aliphatic carbocycles. The predicted molar refractivity (Wildman–Crippen MR) is 90.7 cm³/mol. The number of ether oxygens (including phenoxy) is 1. The highest BCUT2D eigenvalue weighted by Crippen LogP contribution is 2.11. The van der Waals surface area contributed by atoms with Crippen molar-refractivity contribution in [3.8, 4) is 0 Å². The van der Waals surface area contributed by atoms with Crippen molar-refractivity contribution in [2.24, 2.45) is 0 Å².